The molecule has 22 nitrogen and oxygen atoms in total. The standard InChI is InChI=1S/C19H29N8O14P3S.3Na/c1-9-4-10(25-26(9)2)5-21-12(28)7-37-15-14(36-3)11(6-38-43(32,33)41-44(34,35)40-42(29,30)31)39-18(15)27-8-22-13-16(27)23-19(20)24-17(13)45;;;/h4,8,11,14-15,18H,5-7H2,1-3H3,(H,21,28)(H,32,33)(H,34,35)(H2,29,30,31)(H3,20,23,24,45);;;/q;3*+1/p-3/t11-,14?,15+,18-;;;/m1.../s1. The van der Waals surface area contributed by atoms with Crippen LogP contribution in [0.3, 0.4) is 0 Å². The number of ether oxygens (including phenoxy) is 3. The number of carbonyl (C=O) groups excluding carboxylic acids is 1. The van der Waals surface area contributed by atoms with E-state index in [-0.39, 0.29) is 117 Å². The molecule has 4 unspecified atom stereocenters. The largest absolute Gasteiger partial charge is 1.00 e. The molecule has 0 radical (unpaired) electrons. The first-order valence-corrected chi connectivity index (χ1v) is 17.2. The third-order valence-corrected chi connectivity index (χ3v) is 10.1. The number of nitrogens with zero attached hydrogens (tertiary/aromatic N) is 5. The number of fused-ring (bicyclic) bond motifs is 1. The van der Waals surface area contributed by atoms with Crippen LogP contribution in [0.5, 0.6) is 0 Å². The number of hydrogen-bond donors (Lipinski definition) is 4. The van der Waals surface area contributed by atoms with Crippen molar-refractivity contribution in [2.24, 2.45) is 7.05 Å². The van der Waals surface area contributed by atoms with E-state index in [1.54, 1.807) is 17.8 Å². The molecule has 0 spiro atoms. The molecule has 1 fully saturated rings. The summed E-state index contributed by atoms with van der Waals surface area (Å²) >= 11 is 5.20. The number of aromatic nitrogens is 6. The zero-order chi connectivity index (χ0) is 33.3. The van der Waals surface area contributed by atoms with E-state index < -0.39 is 67.1 Å². The van der Waals surface area contributed by atoms with Gasteiger partial charge in [-0.1, -0.05) is 12.2 Å². The quantitative estimate of drug-likeness (QED) is 0.0670. The molecule has 48 heavy (non-hydrogen) atoms. The molecule has 1 amide bonds. The Morgan fingerprint density at radius 3 is 2.44 bits per heavy atom. The van der Waals surface area contributed by atoms with Crippen LogP contribution < -0.4 is 114 Å². The van der Waals surface area contributed by atoms with Crippen molar-refractivity contribution in [2.75, 3.05) is 26.1 Å². The van der Waals surface area contributed by atoms with Gasteiger partial charge >= 0.3 is 88.7 Å². The number of methoxy groups -OCH3 is 1. The van der Waals surface area contributed by atoms with Gasteiger partial charge in [-0.2, -0.15) is 5.10 Å². The Labute approximate surface area is 343 Å². The van der Waals surface area contributed by atoms with Gasteiger partial charge in [0, 0.05) is 19.9 Å². The number of hydrogen-bond acceptors (Lipinski definition) is 18. The number of nitrogens with one attached hydrogen (secondary N) is 2. The molecule has 3 aromatic heterocycles. The molecule has 1 aliphatic heterocycles. The summed E-state index contributed by atoms with van der Waals surface area (Å²) < 4.78 is 66.3. The van der Waals surface area contributed by atoms with Gasteiger partial charge in [0.2, 0.25) is 5.91 Å². The number of rotatable bonds is 14. The number of aryl methyl sites for hydroxylation is 2. The molecule has 0 bridgehead atoms. The number of carbonyl (C=O) groups is 1. The summed E-state index contributed by atoms with van der Waals surface area (Å²) in [6.07, 6.45) is -3.65. The van der Waals surface area contributed by atoms with E-state index in [9.17, 15) is 33.2 Å². The average Bonchev–Trinajstić information content (AvgIpc) is 3.57. The Hall–Kier alpha value is 0.540. The minimum Gasteiger partial charge on any atom is -0.756 e. The van der Waals surface area contributed by atoms with Crippen LogP contribution in [0, 0.1) is 11.6 Å². The zero-order valence-electron chi connectivity index (χ0n) is 26.4. The molecule has 0 aromatic carbocycles. The van der Waals surface area contributed by atoms with Gasteiger partial charge in [-0.25, -0.2) is 18.6 Å². The third kappa shape index (κ3) is 12.6. The summed E-state index contributed by atoms with van der Waals surface area (Å²) in [5.74, 6) is -0.630. The second-order valence-corrected chi connectivity index (χ2v) is 14.0. The number of H-pyrrole nitrogens is 1. The Bertz CT molecular complexity index is 1760. The molecule has 250 valence electrons. The third-order valence-electron chi connectivity index (χ3n) is 6.13. The molecule has 1 saturated heterocycles. The maximum Gasteiger partial charge on any atom is 1.00 e. The molecule has 1 aliphatic rings. The molecule has 29 heteroatoms. The molecule has 7 atom stereocenters. The fourth-order valence-electron chi connectivity index (χ4n) is 4.26. The number of phosphoric acid groups is 3. The predicted molar refractivity (Wildman–Crippen MR) is 145 cm³/mol. The van der Waals surface area contributed by atoms with Crippen molar-refractivity contribution >= 4 is 58.7 Å². The van der Waals surface area contributed by atoms with Crippen LogP contribution in [-0.2, 0) is 59.4 Å². The topological polar surface area (TPSA) is 315 Å². The number of nitrogens with two attached hydrogens (primary N) is 1. The van der Waals surface area contributed by atoms with Crippen molar-refractivity contribution in [2.45, 2.75) is 38.0 Å². The van der Waals surface area contributed by atoms with Crippen LogP contribution in [-0.4, -0.2) is 78.7 Å². The van der Waals surface area contributed by atoms with E-state index in [4.69, 9.17) is 37.1 Å². The second kappa shape index (κ2) is 19.0. The summed E-state index contributed by atoms with van der Waals surface area (Å²) in [4.78, 5) is 66.5. The summed E-state index contributed by atoms with van der Waals surface area (Å²) in [7, 11) is -15.0. The van der Waals surface area contributed by atoms with E-state index in [1.165, 1.54) is 18.0 Å². The van der Waals surface area contributed by atoms with Gasteiger partial charge in [0.25, 0.3) is 23.5 Å². The van der Waals surface area contributed by atoms with Crippen molar-refractivity contribution in [3.63, 3.8) is 0 Å². The normalized spacial score (nSPS) is 22.7. The molecule has 4 rings (SSSR count). The minimum absolute atomic E-state index is 0. The zero-order valence-corrected chi connectivity index (χ0v) is 35.9. The average molecular weight is 784 g/mol. The SMILES string of the molecule is COC1[C@@H](COP(=O)([O-])OP(=O)([O-])OP(=O)([O-])O)O[C@@H](n2cnc3c(=S)nc(N)[nH]c32)[C@H]1OCC(=O)NCc1cc(C)n(C)n1.[Na+].[Na+].[Na+]. The second-order valence-electron chi connectivity index (χ2n) is 9.32. The first kappa shape index (κ1) is 46.6. The number of phosphoric ester groups is 1. The number of amides is 1. The van der Waals surface area contributed by atoms with E-state index in [1.807, 2.05) is 6.92 Å². The van der Waals surface area contributed by atoms with Crippen LogP contribution >= 0.6 is 35.7 Å². The Morgan fingerprint density at radius 2 is 1.85 bits per heavy atom. The van der Waals surface area contributed by atoms with Gasteiger partial charge in [-0.3, -0.25) is 27.7 Å². The van der Waals surface area contributed by atoms with Crippen LogP contribution in [0.1, 0.15) is 17.6 Å². The maximum atomic E-state index is 12.7. The molecular formula is C19H26N8Na3O14P3S. The fourth-order valence-corrected chi connectivity index (χ4v) is 7.40. The summed E-state index contributed by atoms with van der Waals surface area (Å²) in [5, 5.41) is 6.90. The molecule has 3 aromatic rings. The summed E-state index contributed by atoms with van der Waals surface area (Å²) in [6, 6.07) is 1.78. The molecular weight excluding hydrogens is 758 g/mol. The first-order valence-electron chi connectivity index (χ1n) is 12.4. The first-order chi connectivity index (χ1) is 20.9. The van der Waals surface area contributed by atoms with Crippen LogP contribution in [0.25, 0.3) is 11.2 Å². The van der Waals surface area contributed by atoms with Crippen molar-refractivity contribution in [1.82, 2.24) is 34.6 Å². The van der Waals surface area contributed by atoms with Gasteiger partial charge < -0.3 is 54.3 Å². The number of imidazole rings is 1. The van der Waals surface area contributed by atoms with E-state index in [2.05, 4.69) is 38.5 Å². The predicted octanol–water partition coefficient (Wildman–Crippen LogP) is -10.8. The van der Waals surface area contributed by atoms with Gasteiger partial charge in [0.15, 0.2) is 16.8 Å². The van der Waals surface area contributed by atoms with E-state index >= 15 is 0 Å². The molecule has 4 heterocycles. The van der Waals surface area contributed by atoms with Gasteiger partial charge in [0.05, 0.1) is 25.2 Å². The Kier molecular flexibility index (Phi) is 18.5. The van der Waals surface area contributed by atoms with Crippen LogP contribution in [0.4, 0.5) is 5.95 Å². The van der Waals surface area contributed by atoms with Gasteiger partial charge in [-0.15, -0.1) is 0 Å². The van der Waals surface area contributed by atoms with Crippen molar-refractivity contribution in [1.29, 1.82) is 0 Å². The fraction of sp³-hybridized carbons (Fsp3) is 0.526. The monoisotopic (exact) mass is 784 g/mol. The van der Waals surface area contributed by atoms with E-state index in [0.29, 0.717) is 5.69 Å². The van der Waals surface area contributed by atoms with Crippen LogP contribution in [0.15, 0.2) is 12.4 Å². The summed E-state index contributed by atoms with van der Waals surface area (Å²) in [5.41, 5.74) is 7.69. The minimum atomic E-state index is -6.14. The van der Waals surface area contributed by atoms with Gasteiger partial charge in [0.1, 0.15) is 36.1 Å². The Balaban J connectivity index is 0.00000384. The molecule has 0 aliphatic carbocycles. The van der Waals surface area contributed by atoms with Gasteiger partial charge in [-0.05, 0) is 13.0 Å². The smallest absolute Gasteiger partial charge is 0.756 e. The van der Waals surface area contributed by atoms with Crippen molar-refractivity contribution in [3.8, 4) is 0 Å². The van der Waals surface area contributed by atoms with Crippen molar-refractivity contribution < 1.29 is 154 Å². The Morgan fingerprint density at radius 1 is 1.19 bits per heavy atom. The summed E-state index contributed by atoms with van der Waals surface area (Å²) in [6.45, 7) is 0.429. The molecule has 5 N–H and O–H groups in total. The van der Waals surface area contributed by atoms with Crippen LogP contribution in [0.2, 0.25) is 0 Å². The van der Waals surface area contributed by atoms with E-state index in [0.717, 1.165) is 5.69 Å². The maximum absolute atomic E-state index is 12.7. The number of aromatic amines is 1. The number of anilines is 1. The molecule has 0 saturated carbocycles. The number of nitrogen functional groups attached to an aromatic ring is 1. The van der Waals surface area contributed by atoms with Crippen molar-refractivity contribution in [3.05, 3.63) is 28.4 Å².